The molecule has 3 aromatic heterocycles. The molecule has 6 heteroatoms. The van der Waals surface area contributed by atoms with Crippen molar-refractivity contribution in [3.05, 3.63) is 48.2 Å². The number of anilines is 2. The predicted molar refractivity (Wildman–Crippen MR) is 97.9 cm³/mol. The molecule has 0 aliphatic rings. The minimum absolute atomic E-state index is 0.659. The van der Waals surface area contributed by atoms with Gasteiger partial charge < -0.3 is 10.1 Å². The number of nitrogens with one attached hydrogen (secondary N) is 1. The smallest absolute Gasteiger partial charge is 0.213 e. The number of nitrogens with zero attached hydrogens (tertiary/aromatic N) is 3. The molecule has 0 unspecified atom stereocenters. The van der Waals surface area contributed by atoms with E-state index in [0.29, 0.717) is 12.5 Å². The van der Waals surface area contributed by atoms with Crippen molar-refractivity contribution < 1.29 is 4.74 Å². The van der Waals surface area contributed by atoms with Gasteiger partial charge in [-0.1, -0.05) is 19.8 Å². The molecule has 0 aliphatic carbocycles. The third-order valence-electron chi connectivity index (χ3n) is 3.45. The number of unbranched alkanes of at least 4 members (excludes halogenated alkanes) is 2. The summed E-state index contributed by atoms with van der Waals surface area (Å²) in [6.45, 7) is 2.89. The van der Waals surface area contributed by atoms with Crippen LogP contribution in [0.5, 0.6) is 5.88 Å². The molecule has 3 heterocycles. The second kappa shape index (κ2) is 8.40. The lowest BCUT2D eigenvalue weighted by molar-refractivity contribution is 0.295. The number of hydrogen-bond acceptors (Lipinski definition) is 6. The molecule has 0 aromatic carbocycles. The van der Waals surface area contributed by atoms with Gasteiger partial charge in [0.2, 0.25) is 5.88 Å². The maximum atomic E-state index is 5.62. The highest BCUT2D eigenvalue weighted by Gasteiger charge is 2.05. The zero-order valence-electron chi connectivity index (χ0n) is 13.6. The van der Waals surface area contributed by atoms with E-state index in [1.807, 2.05) is 35.8 Å². The molecule has 0 bridgehead atoms. The fraction of sp³-hybridized carbons (Fsp3) is 0.278. The first kappa shape index (κ1) is 16.4. The van der Waals surface area contributed by atoms with Crippen LogP contribution in [0.4, 0.5) is 10.8 Å². The molecule has 0 saturated heterocycles. The van der Waals surface area contributed by atoms with Crippen LogP contribution in [0, 0.1) is 0 Å². The van der Waals surface area contributed by atoms with Crippen LogP contribution < -0.4 is 10.1 Å². The highest BCUT2D eigenvalue weighted by atomic mass is 32.1. The van der Waals surface area contributed by atoms with E-state index in [0.717, 1.165) is 28.5 Å². The molecular weight excluding hydrogens is 320 g/mol. The fourth-order valence-corrected chi connectivity index (χ4v) is 2.91. The zero-order valence-corrected chi connectivity index (χ0v) is 14.4. The first-order chi connectivity index (χ1) is 11.8. The molecule has 3 rings (SSSR count). The first-order valence-corrected chi connectivity index (χ1v) is 8.95. The summed E-state index contributed by atoms with van der Waals surface area (Å²) < 4.78 is 5.62. The summed E-state index contributed by atoms with van der Waals surface area (Å²) in [5, 5.41) is 6.10. The highest BCUT2D eigenvalue weighted by molar-refractivity contribution is 7.14. The molecule has 1 N–H and O–H groups in total. The number of ether oxygens (including phenoxy) is 1. The van der Waals surface area contributed by atoms with Crippen molar-refractivity contribution in [1.29, 1.82) is 0 Å². The van der Waals surface area contributed by atoms with Gasteiger partial charge in [0.25, 0.3) is 0 Å². The number of hydrogen-bond donors (Lipinski definition) is 1. The SMILES string of the molecule is CCCCCOc1ccc(Nc2nc(-c3cccnc3)cs2)cn1. The monoisotopic (exact) mass is 340 g/mol. The van der Waals surface area contributed by atoms with E-state index in [1.54, 1.807) is 23.7 Å². The second-order valence-corrected chi connectivity index (χ2v) is 6.20. The molecule has 0 amide bonds. The van der Waals surface area contributed by atoms with Crippen LogP contribution in [0.2, 0.25) is 0 Å². The van der Waals surface area contributed by atoms with Gasteiger partial charge in [-0.25, -0.2) is 9.97 Å². The first-order valence-electron chi connectivity index (χ1n) is 8.07. The molecule has 124 valence electrons. The molecule has 0 atom stereocenters. The van der Waals surface area contributed by atoms with Gasteiger partial charge in [-0.3, -0.25) is 4.98 Å². The van der Waals surface area contributed by atoms with Gasteiger partial charge in [-0.05, 0) is 24.6 Å². The topological polar surface area (TPSA) is 59.9 Å². The zero-order chi connectivity index (χ0) is 16.6. The maximum Gasteiger partial charge on any atom is 0.213 e. The van der Waals surface area contributed by atoms with Crippen molar-refractivity contribution in [3.8, 4) is 17.1 Å². The summed E-state index contributed by atoms with van der Waals surface area (Å²) in [4.78, 5) is 13.0. The van der Waals surface area contributed by atoms with Crippen molar-refractivity contribution in [3.63, 3.8) is 0 Å². The Bertz CT molecular complexity index is 743. The molecule has 24 heavy (non-hydrogen) atoms. The van der Waals surface area contributed by atoms with Crippen molar-refractivity contribution >= 4 is 22.2 Å². The maximum absolute atomic E-state index is 5.62. The van der Waals surface area contributed by atoms with Gasteiger partial charge in [0.05, 0.1) is 24.2 Å². The van der Waals surface area contributed by atoms with Crippen molar-refractivity contribution in [2.24, 2.45) is 0 Å². The van der Waals surface area contributed by atoms with Gasteiger partial charge in [0, 0.05) is 29.4 Å². The fourth-order valence-electron chi connectivity index (χ4n) is 2.17. The number of pyridine rings is 2. The quantitative estimate of drug-likeness (QED) is 0.590. The second-order valence-electron chi connectivity index (χ2n) is 5.35. The van der Waals surface area contributed by atoms with Gasteiger partial charge in [-0.2, -0.15) is 0 Å². The van der Waals surface area contributed by atoms with Crippen LogP contribution in [0.25, 0.3) is 11.3 Å². The van der Waals surface area contributed by atoms with E-state index in [4.69, 9.17) is 4.74 Å². The van der Waals surface area contributed by atoms with Crippen molar-refractivity contribution in [2.45, 2.75) is 26.2 Å². The minimum Gasteiger partial charge on any atom is -0.478 e. The lowest BCUT2D eigenvalue weighted by atomic mass is 10.2. The van der Waals surface area contributed by atoms with Crippen LogP contribution in [0.15, 0.2) is 48.2 Å². The van der Waals surface area contributed by atoms with Gasteiger partial charge in [0.1, 0.15) is 0 Å². The molecule has 5 nitrogen and oxygen atoms in total. The number of rotatable bonds is 8. The Kier molecular flexibility index (Phi) is 5.74. The Labute approximate surface area is 145 Å². The standard InChI is InChI=1S/C18H20N4OS/c1-2-3-4-10-23-17-8-7-15(12-20-17)21-18-22-16(13-24-18)14-6-5-9-19-11-14/h5-9,11-13H,2-4,10H2,1H3,(H,21,22). The number of thiazole rings is 1. The largest absolute Gasteiger partial charge is 0.478 e. The van der Waals surface area contributed by atoms with Gasteiger partial charge >= 0.3 is 0 Å². The molecule has 0 spiro atoms. The molecule has 0 aliphatic heterocycles. The van der Waals surface area contributed by atoms with E-state index in [9.17, 15) is 0 Å². The lowest BCUT2D eigenvalue weighted by Crippen LogP contribution is -1.99. The molecule has 0 fully saturated rings. The molecule has 0 radical (unpaired) electrons. The third kappa shape index (κ3) is 4.52. The molecule has 3 aromatic rings. The number of aromatic nitrogens is 3. The third-order valence-corrected chi connectivity index (χ3v) is 4.20. The minimum atomic E-state index is 0.659. The van der Waals surface area contributed by atoms with Crippen molar-refractivity contribution in [2.75, 3.05) is 11.9 Å². The summed E-state index contributed by atoms with van der Waals surface area (Å²) in [6.07, 6.45) is 8.77. The van der Waals surface area contributed by atoms with Crippen LogP contribution in [-0.2, 0) is 0 Å². The van der Waals surface area contributed by atoms with Crippen molar-refractivity contribution in [1.82, 2.24) is 15.0 Å². The Morgan fingerprint density at radius 1 is 1.17 bits per heavy atom. The summed E-state index contributed by atoms with van der Waals surface area (Å²) in [5.41, 5.74) is 2.82. The Morgan fingerprint density at radius 3 is 2.88 bits per heavy atom. The summed E-state index contributed by atoms with van der Waals surface area (Å²) >= 11 is 1.55. The van der Waals surface area contributed by atoms with Crippen LogP contribution >= 0.6 is 11.3 Å². The van der Waals surface area contributed by atoms with Crippen LogP contribution in [0.1, 0.15) is 26.2 Å². The molecule has 0 saturated carbocycles. The highest BCUT2D eigenvalue weighted by Crippen LogP contribution is 2.26. The Morgan fingerprint density at radius 2 is 2.12 bits per heavy atom. The summed E-state index contributed by atoms with van der Waals surface area (Å²) in [5.74, 6) is 0.659. The summed E-state index contributed by atoms with van der Waals surface area (Å²) in [6, 6.07) is 7.74. The average Bonchev–Trinajstić information content (AvgIpc) is 3.09. The van der Waals surface area contributed by atoms with E-state index < -0.39 is 0 Å². The van der Waals surface area contributed by atoms with E-state index in [-0.39, 0.29) is 0 Å². The lowest BCUT2D eigenvalue weighted by Gasteiger charge is -2.06. The van der Waals surface area contributed by atoms with E-state index in [2.05, 4.69) is 27.2 Å². The van der Waals surface area contributed by atoms with Crippen LogP contribution in [0.3, 0.4) is 0 Å². The van der Waals surface area contributed by atoms with Gasteiger partial charge in [0.15, 0.2) is 5.13 Å². The molecular formula is C18H20N4OS. The summed E-state index contributed by atoms with van der Waals surface area (Å²) in [7, 11) is 0. The Hall–Kier alpha value is -2.47. The predicted octanol–water partition coefficient (Wildman–Crippen LogP) is 4.91. The van der Waals surface area contributed by atoms with E-state index in [1.165, 1.54) is 12.8 Å². The van der Waals surface area contributed by atoms with Gasteiger partial charge in [-0.15, -0.1) is 11.3 Å². The Balaban J connectivity index is 1.57. The average molecular weight is 340 g/mol. The normalized spacial score (nSPS) is 10.5. The van der Waals surface area contributed by atoms with Crippen LogP contribution in [-0.4, -0.2) is 21.6 Å². The van der Waals surface area contributed by atoms with E-state index >= 15 is 0 Å².